The van der Waals surface area contributed by atoms with Gasteiger partial charge in [0.25, 0.3) is 0 Å². The lowest BCUT2D eigenvalue weighted by Crippen LogP contribution is -2.34. The topological polar surface area (TPSA) is 68.8 Å². The first-order valence-electron chi connectivity index (χ1n) is 6.78. The first-order chi connectivity index (χ1) is 9.84. The maximum atomic E-state index is 11.5. The minimum absolute atomic E-state index is 0.424. The Morgan fingerprint density at radius 1 is 1.05 bits per heavy atom. The Labute approximate surface area is 125 Å². The highest BCUT2D eigenvalue weighted by Crippen LogP contribution is 2.25. The molecule has 0 fully saturated rings. The molecule has 0 radical (unpaired) electrons. The number of anilines is 1. The molecule has 1 aromatic carbocycles. The van der Waals surface area contributed by atoms with Gasteiger partial charge in [0.1, 0.15) is 17.1 Å². The molecule has 118 valence electrons. The van der Waals surface area contributed by atoms with E-state index in [0.29, 0.717) is 24.6 Å². The van der Waals surface area contributed by atoms with E-state index in [0.717, 1.165) is 5.69 Å². The van der Waals surface area contributed by atoms with Crippen LogP contribution < -0.4 is 20.1 Å². The molecule has 1 amide bonds. The van der Waals surface area contributed by atoms with E-state index in [1.165, 1.54) is 0 Å². The van der Waals surface area contributed by atoms with Crippen molar-refractivity contribution in [3.8, 4) is 11.5 Å². The maximum absolute atomic E-state index is 11.5. The summed E-state index contributed by atoms with van der Waals surface area (Å²) in [7, 11) is 3.20. The zero-order valence-electron chi connectivity index (χ0n) is 13.3. The number of hydrogen-bond donors (Lipinski definition) is 2. The van der Waals surface area contributed by atoms with Crippen molar-refractivity contribution in [2.24, 2.45) is 0 Å². The highest BCUT2D eigenvalue weighted by Gasteiger charge is 2.15. The van der Waals surface area contributed by atoms with Crippen LogP contribution >= 0.6 is 0 Å². The third-order valence-electron chi connectivity index (χ3n) is 2.47. The second-order valence-corrected chi connectivity index (χ2v) is 5.46. The van der Waals surface area contributed by atoms with Crippen molar-refractivity contribution in [3.05, 3.63) is 18.2 Å². The van der Waals surface area contributed by atoms with Gasteiger partial charge in [0.05, 0.1) is 14.2 Å². The fourth-order valence-electron chi connectivity index (χ4n) is 1.60. The Balaban J connectivity index is 2.40. The Morgan fingerprint density at radius 3 is 2.10 bits per heavy atom. The molecule has 0 aliphatic rings. The van der Waals surface area contributed by atoms with Crippen molar-refractivity contribution in [1.82, 2.24) is 5.32 Å². The zero-order valence-corrected chi connectivity index (χ0v) is 13.3. The molecule has 0 heterocycles. The van der Waals surface area contributed by atoms with Gasteiger partial charge in [-0.25, -0.2) is 4.79 Å². The minimum atomic E-state index is -0.488. The standard InChI is InChI=1S/C15H24N2O4/c1-15(2,3)21-14(18)17-7-6-16-11-8-12(19-4)10-13(9-11)20-5/h8-10,16H,6-7H2,1-5H3,(H,17,18). The Kier molecular flexibility index (Phi) is 6.14. The lowest BCUT2D eigenvalue weighted by atomic mass is 10.2. The first kappa shape index (κ1) is 16.9. The fraction of sp³-hybridized carbons (Fsp3) is 0.533. The molecule has 6 heteroatoms. The van der Waals surface area contributed by atoms with E-state index in [4.69, 9.17) is 14.2 Å². The molecule has 0 saturated heterocycles. The number of benzene rings is 1. The summed E-state index contributed by atoms with van der Waals surface area (Å²) in [6.07, 6.45) is -0.424. The summed E-state index contributed by atoms with van der Waals surface area (Å²) < 4.78 is 15.5. The van der Waals surface area contributed by atoms with E-state index in [-0.39, 0.29) is 0 Å². The van der Waals surface area contributed by atoms with Gasteiger partial charge in [-0.3, -0.25) is 0 Å². The van der Waals surface area contributed by atoms with Gasteiger partial charge in [-0.1, -0.05) is 0 Å². The van der Waals surface area contributed by atoms with Crippen LogP contribution in [0, 0.1) is 0 Å². The summed E-state index contributed by atoms with van der Waals surface area (Å²) in [6, 6.07) is 5.51. The molecule has 0 aliphatic carbocycles. The van der Waals surface area contributed by atoms with Gasteiger partial charge in [-0.05, 0) is 20.8 Å². The van der Waals surface area contributed by atoms with Crippen molar-refractivity contribution >= 4 is 11.8 Å². The molecule has 0 unspecified atom stereocenters. The van der Waals surface area contributed by atoms with E-state index in [1.54, 1.807) is 20.3 Å². The molecule has 0 atom stereocenters. The number of nitrogens with one attached hydrogen (secondary N) is 2. The molecule has 0 saturated carbocycles. The maximum Gasteiger partial charge on any atom is 0.407 e. The quantitative estimate of drug-likeness (QED) is 0.790. The summed E-state index contributed by atoms with van der Waals surface area (Å²) in [6.45, 7) is 6.50. The summed E-state index contributed by atoms with van der Waals surface area (Å²) in [5.41, 5.74) is 0.370. The third-order valence-corrected chi connectivity index (χ3v) is 2.47. The Hall–Kier alpha value is -2.11. The number of methoxy groups -OCH3 is 2. The highest BCUT2D eigenvalue weighted by atomic mass is 16.6. The first-order valence-corrected chi connectivity index (χ1v) is 6.78. The zero-order chi connectivity index (χ0) is 15.9. The highest BCUT2D eigenvalue weighted by molar-refractivity contribution is 5.67. The van der Waals surface area contributed by atoms with Gasteiger partial charge >= 0.3 is 6.09 Å². The molecule has 0 aromatic heterocycles. The van der Waals surface area contributed by atoms with Crippen molar-refractivity contribution in [2.75, 3.05) is 32.6 Å². The smallest absolute Gasteiger partial charge is 0.407 e. The fourth-order valence-corrected chi connectivity index (χ4v) is 1.60. The van der Waals surface area contributed by atoms with E-state index in [1.807, 2.05) is 32.9 Å². The number of ether oxygens (including phenoxy) is 3. The van der Waals surface area contributed by atoms with Crippen LogP contribution in [0.3, 0.4) is 0 Å². The van der Waals surface area contributed by atoms with E-state index < -0.39 is 11.7 Å². The summed E-state index contributed by atoms with van der Waals surface area (Å²) in [5, 5.41) is 5.86. The summed E-state index contributed by atoms with van der Waals surface area (Å²) in [5.74, 6) is 1.41. The molecule has 0 spiro atoms. The van der Waals surface area contributed by atoms with Crippen molar-refractivity contribution in [3.63, 3.8) is 0 Å². The lowest BCUT2D eigenvalue weighted by Gasteiger charge is -2.19. The van der Waals surface area contributed by atoms with Gasteiger partial charge in [-0.15, -0.1) is 0 Å². The molecule has 1 aromatic rings. The van der Waals surface area contributed by atoms with Crippen LogP contribution in [-0.2, 0) is 4.74 Å². The number of carbonyl (C=O) groups is 1. The average Bonchev–Trinajstić information content (AvgIpc) is 2.41. The van der Waals surface area contributed by atoms with Gasteiger partial charge in [0.15, 0.2) is 0 Å². The molecule has 6 nitrogen and oxygen atoms in total. The number of amides is 1. The van der Waals surface area contributed by atoms with Gasteiger partial charge in [0, 0.05) is 37.0 Å². The Morgan fingerprint density at radius 2 is 1.62 bits per heavy atom. The molecule has 0 bridgehead atoms. The van der Waals surface area contributed by atoms with Crippen molar-refractivity contribution in [2.45, 2.75) is 26.4 Å². The van der Waals surface area contributed by atoms with Crippen LogP contribution in [0.15, 0.2) is 18.2 Å². The normalized spacial score (nSPS) is 10.7. The summed E-state index contributed by atoms with van der Waals surface area (Å²) in [4.78, 5) is 11.5. The predicted molar refractivity (Wildman–Crippen MR) is 82.3 cm³/mol. The minimum Gasteiger partial charge on any atom is -0.497 e. The SMILES string of the molecule is COc1cc(NCCNC(=O)OC(C)(C)C)cc(OC)c1. The molecule has 0 aliphatic heterocycles. The largest absolute Gasteiger partial charge is 0.497 e. The van der Waals surface area contributed by atoms with E-state index in [2.05, 4.69) is 10.6 Å². The van der Waals surface area contributed by atoms with Gasteiger partial charge in [0.2, 0.25) is 0 Å². The van der Waals surface area contributed by atoms with Crippen molar-refractivity contribution in [1.29, 1.82) is 0 Å². The number of alkyl carbamates (subject to hydrolysis) is 1. The second kappa shape index (κ2) is 7.61. The van der Waals surface area contributed by atoms with Crippen LogP contribution in [0.4, 0.5) is 10.5 Å². The van der Waals surface area contributed by atoms with E-state index >= 15 is 0 Å². The van der Waals surface area contributed by atoms with Crippen LogP contribution in [-0.4, -0.2) is 39.0 Å². The second-order valence-electron chi connectivity index (χ2n) is 5.46. The molecule has 2 N–H and O–H groups in total. The average molecular weight is 296 g/mol. The van der Waals surface area contributed by atoms with Gasteiger partial charge < -0.3 is 24.8 Å². The van der Waals surface area contributed by atoms with Crippen molar-refractivity contribution < 1.29 is 19.0 Å². The molecular formula is C15H24N2O4. The van der Waals surface area contributed by atoms with Crippen LogP contribution in [0.25, 0.3) is 0 Å². The molecular weight excluding hydrogens is 272 g/mol. The molecule has 1 rings (SSSR count). The number of hydrogen-bond acceptors (Lipinski definition) is 5. The summed E-state index contributed by atoms with van der Waals surface area (Å²) >= 11 is 0. The van der Waals surface area contributed by atoms with Crippen LogP contribution in [0.1, 0.15) is 20.8 Å². The number of rotatable bonds is 6. The Bertz CT molecular complexity index is 447. The van der Waals surface area contributed by atoms with Crippen LogP contribution in [0.5, 0.6) is 11.5 Å². The number of carbonyl (C=O) groups excluding carboxylic acids is 1. The lowest BCUT2D eigenvalue weighted by molar-refractivity contribution is 0.0530. The monoisotopic (exact) mass is 296 g/mol. The molecule has 21 heavy (non-hydrogen) atoms. The van der Waals surface area contributed by atoms with E-state index in [9.17, 15) is 4.79 Å². The van der Waals surface area contributed by atoms with Gasteiger partial charge in [-0.2, -0.15) is 0 Å². The third kappa shape index (κ3) is 6.74. The van der Waals surface area contributed by atoms with Crippen LogP contribution in [0.2, 0.25) is 0 Å². The predicted octanol–water partition coefficient (Wildman–Crippen LogP) is 2.64.